The molecule has 3 heterocycles. The molecule has 0 radical (unpaired) electrons. The summed E-state index contributed by atoms with van der Waals surface area (Å²) in [5.41, 5.74) is 4.43. The van der Waals surface area contributed by atoms with Crippen LogP contribution < -0.4 is 5.32 Å². The van der Waals surface area contributed by atoms with Crippen LogP contribution in [0.15, 0.2) is 57.1 Å². The predicted molar refractivity (Wildman–Crippen MR) is 122 cm³/mol. The fourth-order valence-electron chi connectivity index (χ4n) is 3.96. The van der Waals surface area contributed by atoms with E-state index in [0.717, 1.165) is 59.4 Å². The van der Waals surface area contributed by atoms with Crippen LogP contribution in [-0.2, 0) is 4.84 Å². The minimum atomic E-state index is 0.0666. The summed E-state index contributed by atoms with van der Waals surface area (Å²) in [7, 11) is 0. The number of piperazine rings is 1. The molecule has 1 fully saturated rings. The molecule has 0 unspecified atom stereocenters. The molecule has 0 spiro atoms. The molecule has 5 rings (SSSR count). The van der Waals surface area contributed by atoms with E-state index in [-0.39, 0.29) is 5.88 Å². The van der Waals surface area contributed by atoms with E-state index in [1.807, 2.05) is 42.5 Å². The van der Waals surface area contributed by atoms with Gasteiger partial charge in [-0.25, -0.2) is 4.99 Å². The van der Waals surface area contributed by atoms with Gasteiger partial charge >= 0.3 is 0 Å². The number of benzene rings is 2. The van der Waals surface area contributed by atoms with Gasteiger partial charge in [-0.05, 0) is 28.1 Å². The van der Waals surface area contributed by atoms with Crippen molar-refractivity contribution in [1.82, 2.24) is 15.2 Å². The molecular weight excluding hydrogens is 446 g/mol. The number of hydrogen-bond donors (Lipinski definition) is 3. The average molecular weight is 468 g/mol. The molecule has 7 nitrogen and oxygen atoms in total. The van der Waals surface area contributed by atoms with Gasteiger partial charge in [-0.15, -0.1) is 0 Å². The minimum absolute atomic E-state index is 0.0666. The molecule has 2 aliphatic heterocycles. The van der Waals surface area contributed by atoms with Crippen molar-refractivity contribution in [2.24, 2.45) is 10.1 Å². The van der Waals surface area contributed by atoms with Crippen molar-refractivity contribution in [2.45, 2.75) is 0 Å². The van der Waals surface area contributed by atoms with Crippen LogP contribution in [0, 0.1) is 0 Å². The molecule has 0 bridgehead atoms. The lowest BCUT2D eigenvalue weighted by Gasteiger charge is -2.26. The van der Waals surface area contributed by atoms with E-state index in [9.17, 15) is 5.11 Å². The zero-order chi connectivity index (χ0) is 20.5. The van der Waals surface area contributed by atoms with Gasteiger partial charge in [0.2, 0.25) is 0 Å². The number of para-hydroxylation sites is 2. The summed E-state index contributed by atoms with van der Waals surface area (Å²) in [6, 6.07) is 13.7. The van der Waals surface area contributed by atoms with Gasteiger partial charge in [0.1, 0.15) is 18.0 Å². The Labute approximate surface area is 182 Å². The Morgan fingerprint density at radius 1 is 1.13 bits per heavy atom. The van der Waals surface area contributed by atoms with Crippen LogP contribution in [0.3, 0.4) is 0 Å². The number of aromatic nitrogens is 1. The lowest BCUT2D eigenvalue weighted by atomic mass is 10.0. The molecule has 0 aliphatic carbocycles. The number of fused-ring (bicyclic) bond motifs is 2. The third kappa shape index (κ3) is 3.51. The van der Waals surface area contributed by atoms with Crippen LogP contribution in [0.1, 0.15) is 11.1 Å². The Morgan fingerprint density at radius 2 is 1.97 bits per heavy atom. The Balaban J connectivity index is 1.47. The fourth-order valence-corrected chi connectivity index (χ4v) is 4.43. The van der Waals surface area contributed by atoms with E-state index in [2.05, 4.69) is 36.3 Å². The smallest absolute Gasteiger partial charge is 0.199 e. The first-order chi connectivity index (χ1) is 14.7. The fraction of sp³-hybridized carbons (Fsp3) is 0.273. The van der Waals surface area contributed by atoms with Crippen LogP contribution in [0.2, 0.25) is 0 Å². The third-order valence-corrected chi connectivity index (χ3v) is 6.14. The maximum Gasteiger partial charge on any atom is 0.199 e. The van der Waals surface area contributed by atoms with Crippen LogP contribution in [0.25, 0.3) is 10.9 Å². The number of aliphatic imine (C=N–C) groups is 1. The Hall–Kier alpha value is -2.68. The van der Waals surface area contributed by atoms with Crippen molar-refractivity contribution >= 4 is 43.9 Å². The topological polar surface area (TPSA) is 85.2 Å². The van der Waals surface area contributed by atoms with Gasteiger partial charge in [0, 0.05) is 48.1 Å². The summed E-state index contributed by atoms with van der Waals surface area (Å²) in [6.45, 7) is 5.39. The highest BCUT2D eigenvalue weighted by Crippen LogP contribution is 2.37. The second kappa shape index (κ2) is 8.22. The van der Waals surface area contributed by atoms with Crippen molar-refractivity contribution in [3.8, 4) is 5.88 Å². The lowest BCUT2D eigenvalue weighted by Crippen LogP contribution is -2.44. The van der Waals surface area contributed by atoms with Gasteiger partial charge < -0.3 is 20.2 Å². The normalized spacial score (nSPS) is 18.0. The number of aromatic amines is 1. The first-order valence-corrected chi connectivity index (χ1v) is 10.8. The molecule has 0 saturated carbocycles. The number of halogens is 1. The van der Waals surface area contributed by atoms with Crippen molar-refractivity contribution in [1.29, 1.82) is 0 Å². The summed E-state index contributed by atoms with van der Waals surface area (Å²) >= 11 is 3.54. The number of H-pyrrole nitrogens is 1. The molecule has 30 heavy (non-hydrogen) atoms. The monoisotopic (exact) mass is 467 g/mol. The molecule has 154 valence electrons. The van der Waals surface area contributed by atoms with Gasteiger partial charge in [-0.3, -0.25) is 4.90 Å². The second-order valence-electron chi connectivity index (χ2n) is 7.35. The van der Waals surface area contributed by atoms with Crippen molar-refractivity contribution < 1.29 is 9.94 Å². The van der Waals surface area contributed by atoms with Crippen LogP contribution in [0.5, 0.6) is 5.88 Å². The Morgan fingerprint density at radius 3 is 2.83 bits per heavy atom. The van der Waals surface area contributed by atoms with E-state index in [1.54, 1.807) is 0 Å². The number of hydrogen-bond acceptors (Lipinski definition) is 6. The van der Waals surface area contributed by atoms with Crippen molar-refractivity contribution in [3.05, 3.63) is 58.1 Å². The highest BCUT2D eigenvalue weighted by atomic mass is 79.9. The standard InChI is InChI=1S/C22H22BrN5O2/c23-16-6-3-5-15-18(22(29)26-19(15)16)21-20(14-4-1-2-7-17(14)25-21)27-30-13-12-28-10-8-24-9-11-28/h1-7,24,26,29H,8-13H2. The van der Waals surface area contributed by atoms with Crippen LogP contribution in [0.4, 0.5) is 5.69 Å². The molecule has 3 aromatic rings. The minimum Gasteiger partial charge on any atom is -0.494 e. The SMILES string of the molecule is Oc1[nH]c2c(Br)cccc2c1C1=Nc2ccccc2C1=NOCCN1CCNCC1. The van der Waals surface area contributed by atoms with Gasteiger partial charge in [0.15, 0.2) is 5.88 Å². The van der Waals surface area contributed by atoms with Crippen LogP contribution in [-0.4, -0.2) is 65.7 Å². The quantitative estimate of drug-likeness (QED) is 0.396. The molecule has 2 aromatic carbocycles. The number of rotatable bonds is 5. The molecule has 1 saturated heterocycles. The number of nitrogens with zero attached hydrogens (tertiary/aromatic N) is 3. The summed E-state index contributed by atoms with van der Waals surface area (Å²) < 4.78 is 0.878. The number of oxime groups is 1. The van der Waals surface area contributed by atoms with Gasteiger partial charge in [-0.2, -0.15) is 0 Å². The molecule has 3 N–H and O–H groups in total. The molecule has 8 heteroatoms. The van der Waals surface area contributed by atoms with Crippen molar-refractivity contribution in [3.63, 3.8) is 0 Å². The summed E-state index contributed by atoms with van der Waals surface area (Å²) in [4.78, 5) is 15.9. The van der Waals surface area contributed by atoms with Crippen LogP contribution >= 0.6 is 15.9 Å². The highest BCUT2D eigenvalue weighted by Gasteiger charge is 2.29. The molecule has 1 aromatic heterocycles. The maximum absolute atomic E-state index is 10.7. The van der Waals surface area contributed by atoms with Gasteiger partial charge in [-0.1, -0.05) is 35.5 Å². The average Bonchev–Trinajstić information content (AvgIpc) is 3.29. The zero-order valence-electron chi connectivity index (χ0n) is 16.4. The number of nitrogens with one attached hydrogen (secondary N) is 2. The third-order valence-electron chi connectivity index (χ3n) is 5.48. The number of aromatic hydroxyl groups is 1. The summed E-state index contributed by atoms with van der Waals surface area (Å²) in [6.07, 6.45) is 0. The summed E-state index contributed by atoms with van der Waals surface area (Å²) in [5, 5.41) is 19.4. The predicted octanol–water partition coefficient (Wildman–Crippen LogP) is 3.40. The molecular formula is C22H22BrN5O2. The summed E-state index contributed by atoms with van der Waals surface area (Å²) in [5.74, 6) is 0.0666. The van der Waals surface area contributed by atoms with E-state index in [1.165, 1.54) is 0 Å². The largest absolute Gasteiger partial charge is 0.494 e. The first-order valence-electron chi connectivity index (χ1n) is 10.0. The van der Waals surface area contributed by atoms with E-state index in [4.69, 9.17) is 9.83 Å². The van der Waals surface area contributed by atoms with Crippen molar-refractivity contribution in [2.75, 3.05) is 39.3 Å². The lowest BCUT2D eigenvalue weighted by molar-refractivity contribution is 0.106. The maximum atomic E-state index is 10.7. The second-order valence-corrected chi connectivity index (χ2v) is 8.21. The molecule has 0 atom stereocenters. The zero-order valence-corrected chi connectivity index (χ0v) is 17.9. The van der Waals surface area contributed by atoms with Gasteiger partial charge in [0.05, 0.1) is 16.8 Å². The molecule has 2 aliphatic rings. The van der Waals surface area contributed by atoms with E-state index < -0.39 is 0 Å². The van der Waals surface area contributed by atoms with E-state index >= 15 is 0 Å². The Bertz CT molecular complexity index is 1150. The molecule has 0 amide bonds. The first kappa shape index (κ1) is 19.3. The van der Waals surface area contributed by atoms with Gasteiger partial charge in [0.25, 0.3) is 0 Å². The Kier molecular flexibility index (Phi) is 5.28. The van der Waals surface area contributed by atoms with E-state index in [0.29, 0.717) is 23.6 Å². The highest BCUT2D eigenvalue weighted by molar-refractivity contribution is 9.10.